The largest absolute Gasteiger partial charge is 0.493 e. The molecule has 0 radical (unpaired) electrons. The number of benzene rings is 1. The molecule has 21 heavy (non-hydrogen) atoms. The Bertz CT molecular complexity index is 652. The molecule has 0 atom stereocenters. The maximum Gasteiger partial charge on any atom is 0.229 e. The van der Waals surface area contributed by atoms with Crippen molar-refractivity contribution in [2.45, 2.75) is 20.3 Å². The second-order valence-corrected chi connectivity index (χ2v) is 5.42. The van der Waals surface area contributed by atoms with Crippen LogP contribution < -0.4 is 10.1 Å². The van der Waals surface area contributed by atoms with E-state index in [1.165, 1.54) is 18.3 Å². The fraction of sp³-hybridized carbons (Fsp3) is 0.267. The van der Waals surface area contributed by atoms with Crippen molar-refractivity contribution in [1.82, 2.24) is 4.98 Å². The molecule has 110 valence electrons. The fourth-order valence-electron chi connectivity index (χ4n) is 1.64. The lowest BCUT2D eigenvalue weighted by Gasteiger charge is -2.06. The monoisotopic (exact) mass is 304 g/mol. The first kappa shape index (κ1) is 15.2. The van der Waals surface area contributed by atoms with Crippen molar-refractivity contribution >= 4 is 28.2 Å². The van der Waals surface area contributed by atoms with E-state index in [4.69, 9.17) is 4.74 Å². The number of carbonyl (C=O) groups excluding carboxylic acids is 2. The lowest BCUT2D eigenvalue weighted by atomic mass is 10.2. The third-order valence-electron chi connectivity index (χ3n) is 2.70. The highest BCUT2D eigenvalue weighted by molar-refractivity contribution is 7.14. The Morgan fingerprint density at radius 1 is 1.38 bits per heavy atom. The van der Waals surface area contributed by atoms with Crippen molar-refractivity contribution in [3.8, 4) is 5.75 Å². The number of thiazole rings is 1. The van der Waals surface area contributed by atoms with Gasteiger partial charge in [-0.15, -0.1) is 11.3 Å². The maximum atomic E-state index is 11.7. The molecule has 0 unspecified atom stereocenters. The van der Waals surface area contributed by atoms with Gasteiger partial charge in [-0.05, 0) is 24.6 Å². The normalized spacial score (nSPS) is 10.2. The lowest BCUT2D eigenvalue weighted by molar-refractivity contribution is -0.116. The van der Waals surface area contributed by atoms with Crippen LogP contribution in [0.1, 0.15) is 29.4 Å². The number of carbonyl (C=O) groups is 2. The van der Waals surface area contributed by atoms with Crippen LogP contribution in [0.5, 0.6) is 5.75 Å². The van der Waals surface area contributed by atoms with Crippen molar-refractivity contribution in [3.05, 3.63) is 40.9 Å². The number of aryl methyl sites for hydroxylation is 1. The van der Waals surface area contributed by atoms with Gasteiger partial charge in [0.25, 0.3) is 0 Å². The minimum Gasteiger partial charge on any atom is -0.493 e. The molecular weight excluding hydrogens is 288 g/mol. The number of anilines is 1. The number of nitrogens with zero attached hydrogens (tertiary/aromatic N) is 1. The minimum absolute atomic E-state index is 0.116. The van der Waals surface area contributed by atoms with Gasteiger partial charge in [0.1, 0.15) is 11.4 Å². The summed E-state index contributed by atoms with van der Waals surface area (Å²) in [5.74, 6) is 0.442. The van der Waals surface area contributed by atoms with Crippen molar-refractivity contribution < 1.29 is 14.3 Å². The second-order valence-electron chi connectivity index (χ2n) is 4.56. The van der Waals surface area contributed by atoms with Crippen LogP contribution in [-0.4, -0.2) is 23.3 Å². The van der Waals surface area contributed by atoms with E-state index in [1.807, 2.05) is 31.2 Å². The van der Waals surface area contributed by atoms with E-state index in [9.17, 15) is 9.59 Å². The first-order valence-corrected chi connectivity index (χ1v) is 7.38. The third-order valence-corrected chi connectivity index (χ3v) is 3.46. The van der Waals surface area contributed by atoms with E-state index in [0.717, 1.165) is 11.3 Å². The van der Waals surface area contributed by atoms with Crippen LogP contribution in [0.4, 0.5) is 5.13 Å². The predicted octanol–water partition coefficient (Wildman–Crippen LogP) is 3.06. The van der Waals surface area contributed by atoms with Gasteiger partial charge in [0.15, 0.2) is 10.9 Å². The van der Waals surface area contributed by atoms with Crippen molar-refractivity contribution in [2.75, 3.05) is 11.9 Å². The number of Topliss-reactive ketones (excluding diaryl/α,β-unsaturated/α-hetero) is 1. The number of rotatable bonds is 6. The standard InChI is InChI=1S/C15H16N2O3S/c1-10-4-3-5-12(8-10)20-7-6-14(19)17-15-16-13(9-21-15)11(2)18/h3-5,8-9H,6-7H2,1-2H3,(H,16,17,19). The summed E-state index contributed by atoms with van der Waals surface area (Å²) in [6, 6.07) is 7.65. The Morgan fingerprint density at radius 2 is 2.19 bits per heavy atom. The average Bonchev–Trinajstić information content (AvgIpc) is 2.87. The molecule has 1 aromatic carbocycles. The quantitative estimate of drug-likeness (QED) is 0.833. The smallest absolute Gasteiger partial charge is 0.229 e. The van der Waals surface area contributed by atoms with Gasteiger partial charge in [-0.2, -0.15) is 0 Å². The molecule has 1 aromatic heterocycles. The second kappa shape index (κ2) is 6.99. The van der Waals surface area contributed by atoms with Crippen LogP contribution in [0.2, 0.25) is 0 Å². The van der Waals surface area contributed by atoms with E-state index in [2.05, 4.69) is 10.3 Å². The Morgan fingerprint density at radius 3 is 2.86 bits per heavy atom. The zero-order valence-electron chi connectivity index (χ0n) is 11.9. The Labute approximate surface area is 127 Å². The van der Waals surface area contributed by atoms with Gasteiger partial charge < -0.3 is 10.1 Å². The molecule has 0 aliphatic heterocycles. The zero-order valence-corrected chi connectivity index (χ0v) is 12.7. The first-order chi connectivity index (χ1) is 10.0. The van der Waals surface area contributed by atoms with Gasteiger partial charge in [0.05, 0.1) is 13.0 Å². The summed E-state index contributed by atoms with van der Waals surface area (Å²) in [7, 11) is 0. The van der Waals surface area contributed by atoms with Crippen molar-refractivity contribution in [3.63, 3.8) is 0 Å². The number of ketones is 1. The Balaban J connectivity index is 1.78. The number of amides is 1. The lowest BCUT2D eigenvalue weighted by Crippen LogP contribution is -2.15. The molecule has 2 rings (SSSR count). The zero-order chi connectivity index (χ0) is 15.2. The number of hydrogen-bond acceptors (Lipinski definition) is 5. The first-order valence-electron chi connectivity index (χ1n) is 6.50. The maximum absolute atomic E-state index is 11.7. The van der Waals surface area contributed by atoms with E-state index >= 15 is 0 Å². The molecule has 1 N–H and O–H groups in total. The summed E-state index contributed by atoms with van der Waals surface area (Å²) >= 11 is 1.23. The van der Waals surface area contributed by atoms with Gasteiger partial charge in [0, 0.05) is 12.3 Å². The predicted molar refractivity (Wildman–Crippen MR) is 82.0 cm³/mol. The summed E-state index contributed by atoms with van der Waals surface area (Å²) in [5.41, 5.74) is 1.47. The molecule has 1 amide bonds. The highest BCUT2D eigenvalue weighted by Gasteiger charge is 2.09. The molecule has 5 nitrogen and oxygen atoms in total. The van der Waals surface area contributed by atoms with Crippen LogP contribution >= 0.6 is 11.3 Å². The van der Waals surface area contributed by atoms with E-state index in [0.29, 0.717) is 17.4 Å². The van der Waals surface area contributed by atoms with E-state index in [1.54, 1.807) is 5.38 Å². The SMILES string of the molecule is CC(=O)c1csc(NC(=O)CCOc2cccc(C)c2)n1. The Hall–Kier alpha value is -2.21. The van der Waals surface area contributed by atoms with Crippen LogP contribution in [-0.2, 0) is 4.79 Å². The third kappa shape index (κ3) is 4.68. The molecule has 0 saturated carbocycles. The van der Waals surface area contributed by atoms with Crippen LogP contribution in [0.15, 0.2) is 29.6 Å². The van der Waals surface area contributed by atoms with Crippen LogP contribution in [0.3, 0.4) is 0 Å². The molecule has 0 bridgehead atoms. The molecule has 2 aromatic rings. The molecule has 0 fully saturated rings. The highest BCUT2D eigenvalue weighted by Crippen LogP contribution is 2.16. The molecule has 0 aliphatic rings. The summed E-state index contributed by atoms with van der Waals surface area (Å²) in [6.45, 7) is 3.71. The van der Waals surface area contributed by atoms with Crippen LogP contribution in [0, 0.1) is 6.92 Å². The molecule has 1 heterocycles. The molecular formula is C15H16N2O3S. The average molecular weight is 304 g/mol. The number of aromatic nitrogens is 1. The summed E-state index contributed by atoms with van der Waals surface area (Å²) in [6.07, 6.45) is 0.225. The topological polar surface area (TPSA) is 68.3 Å². The summed E-state index contributed by atoms with van der Waals surface area (Å²) in [4.78, 5) is 26.9. The van der Waals surface area contributed by atoms with E-state index in [-0.39, 0.29) is 18.1 Å². The number of hydrogen-bond donors (Lipinski definition) is 1. The molecule has 0 spiro atoms. The van der Waals surface area contributed by atoms with Crippen LogP contribution in [0.25, 0.3) is 0 Å². The van der Waals surface area contributed by atoms with Gasteiger partial charge in [0.2, 0.25) is 5.91 Å². The molecule has 6 heteroatoms. The van der Waals surface area contributed by atoms with Gasteiger partial charge in [-0.3, -0.25) is 9.59 Å². The van der Waals surface area contributed by atoms with Gasteiger partial charge in [-0.25, -0.2) is 4.98 Å². The van der Waals surface area contributed by atoms with Crippen molar-refractivity contribution in [2.24, 2.45) is 0 Å². The summed E-state index contributed by atoms with van der Waals surface area (Å²) in [5, 5.41) is 4.71. The minimum atomic E-state index is -0.188. The van der Waals surface area contributed by atoms with Crippen molar-refractivity contribution in [1.29, 1.82) is 0 Å². The molecule has 0 aliphatic carbocycles. The highest BCUT2D eigenvalue weighted by atomic mass is 32.1. The van der Waals surface area contributed by atoms with E-state index < -0.39 is 0 Å². The summed E-state index contributed by atoms with van der Waals surface area (Å²) < 4.78 is 5.51. The fourth-order valence-corrected chi connectivity index (χ4v) is 2.41. The molecule has 0 saturated heterocycles. The van der Waals surface area contributed by atoms with Gasteiger partial charge >= 0.3 is 0 Å². The van der Waals surface area contributed by atoms with Gasteiger partial charge in [-0.1, -0.05) is 12.1 Å². The Kier molecular flexibility index (Phi) is 5.05. The number of ether oxygens (including phenoxy) is 1. The number of nitrogens with one attached hydrogen (secondary N) is 1.